The molecule has 1 aromatic rings. The van der Waals surface area contributed by atoms with Gasteiger partial charge in [0.25, 0.3) is 10.0 Å². The summed E-state index contributed by atoms with van der Waals surface area (Å²) in [6.45, 7) is 4.44. The van der Waals surface area contributed by atoms with E-state index in [0.717, 1.165) is 13.1 Å². The summed E-state index contributed by atoms with van der Waals surface area (Å²) >= 11 is 0. The highest BCUT2D eigenvalue weighted by atomic mass is 32.2. The number of nitrogens with one attached hydrogen (secondary N) is 2. The van der Waals surface area contributed by atoms with Crippen LogP contribution in [-0.4, -0.2) is 48.6 Å². The van der Waals surface area contributed by atoms with Gasteiger partial charge in [-0.25, -0.2) is 8.42 Å². The minimum Gasteiger partial charge on any atom is -0.316 e. The molecule has 0 saturated carbocycles. The van der Waals surface area contributed by atoms with Crippen molar-refractivity contribution in [3.8, 4) is 0 Å². The highest BCUT2D eigenvalue weighted by Gasteiger charge is 2.47. The van der Waals surface area contributed by atoms with E-state index in [2.05, 4.69) is 15.5 Å². The number of fused-ring (bicyclic) bond motifs is 1. The summed E-state index contributed by atoms with van der Waals surface area (Å²) in [7, 11) is -3.40. The molecule has 6 nitrogen and oxygen atoms in total. The molecule has 7 heteroatoms. The van der Waals surface area contributed by atoms with E-state index in [0.29, 0.717) is 18.4 Å². The van der Waals surface area contributed by atoms with Crippen molar-refractivity contribution >= 4 is 10.0 Å². The number of H-pyrrole nitrogens is 1. The van der Waals surface area contributed by atoms with E-state index >= 15 is 0 Å². The predicted molar refractivity (Wildman–Crippen MR) is 61.8 cm³/mol. The molecule has 2 fully saturated rings. The summed E-state index contributed by atoms with van der Waals surface area (Å²) in [5.74, 6) is 0.885. The molecule has 0 bridgehead atoms. The largest absolute Gasteiger partial charge is 0.316 e. The Morgan fingerprint density at radius 1 is 1.47 bits per heavy atom. The first-order valence-corrected chi connectivity index (χ1v) is 7.26. The topological polar surface area (TPSA) is 78.1 Å². The molecule has 3 heterocycles. The highest BCUT2D eigenvalue weighted by Crippen LogP contribution is 2.35. The van der Waals surface area contributed by atoms with Gasteiger partial charge in [0.1, 0.15) is 0 Å². The van der Waals surface area contributed by atoms with Crippen LogP contribution in [0, 0.1) is 11.8 Å². The number of rotatable bonds is 2. The van der Waals surface area contributed by atoms with Gasteiger partial charge in [-0.1, -0.05) is 0 Å². The van der Waals surface area contributed by atoms with Gasteiger partial charge >= 0.3 is 0 Å². The van der Waals surface area contributed by atoms with Crippen molar-refractivity contribution < 1.29 is 8.42 Å². The normalized spacial score (nSPS) is 34.1. The van der Waals surface area contributed by atoms with E-state index in [9.17, 15) is 8.42 Å². The van der Waals surface area contributed by atoms with Gasteiger partial charge in [0.05, 0.1) is 6.20 Å². The number of hydrogen-bond acceptors (Lipinski definition) is 4. The zero-order valence-corrected chi connectivity index (χ0v) is 10.4. The van der Waals surface area contributed by atoms with Gasteiger partial charge in [-0.3, -0.25) is 5.10 Å². The van der Waals surface area contributed by atoms with Crippen LogP contribution >= 0.6 is 0 Å². The van der Waals surface area contributed by atoms with Crippen molar-refractivity contribution in [1.29, 1.82) is 0 Å². The summed E-state index contributed by atoms with van der Waals surface area (Å²) in [5, 5.41) is 9.77. The van der Waals surface area contributed by atoms with Crippen molar-refractivity contribution in [2.24, 2.45) is 11.8 Å². The minimum atomic E-state index is -3.40. The van der Waals surface area contributed by atoms with Crippen LogP contribution in [0.3, 0.4) is 0 Å². The van der Waals surface area contributed by atoms with Gasteiger partial charge in [-0.15, -0.1) is 0 Å². The summed E-state index contributed by atoms with van der Waals surface area (Å²) in [4.78, 5) is 0. The van der Waals surface area contributed by atoms with Gasteiger partial charge in [-0.05, 0) is 37.9 Å². The highest BCUT2D eigenvalue weighted by molar-refractivity contribution is 7.89. The maximum absolute atomic E-state index is 12.4. The number of nitrogens with zero attached hydrogens (tertiary/aromatic N) is 2. The van der Waals surface area contributed by atoms with E-state index in [1.165, 1.54) is 12.3 Å². The third-order valence-corrected chi connectivity index (χ3v) is 5.82. The van der Waals surface area contributed by atoms with E-state index in [-0.39, 0.29) is 11.1 Å². The zero-order valence-electron chi connectivity index (χ0n) is 9.63. The van der Waals surface area contributed by atoms with Gasteiger partial charge in [0.2, 0.25) is 0 Å². The molecule has 2 aliphatic rings. The molecule has 3 atom stereocenters. The monoisotopic (exact) mass is 256 g/mol. The van der Waals surface area contributed by atoms with Crippen LogP contribution < -0.4 is 5.32 Å². The number of hydrogen-bond donors (Lipinski definition) is 2. The summed E-state index contributed by atoms with van der Waals surface area (Å²) in [6, 6.07) is 1.57. The second kappa shape index (κ2) is 3.79. The Balaban J connectivity index is 1.91. The molecule has 2 aliphatic heterocycles. The molecule has 2 saturated heterocycles. The first-order valence-electron chi connectivity index (χ1n) is 5.82. The Bertz CT molecular complexity index is 498. The first-order chi connectivity index (χ1) is 8.10. The predicted octanol–water partition coefficient (Wildman–Crippen LogP) is -0.362. The Hall–Kier alpha value is -0.920. The molecular formula is C10H16N4O2S. The van der Waals surface area contributed by atoms with Crippen molar-refractivity contribution in [1.82, 2.24) is 19.8 Å². The average molecular weight is 256 g/mol. The molecule has 3 rings (SSSR count). The smallest absolute Gasteiger partial charge is 0.260 e. The molecule has 0 spiro atoms. The molecule has 94 valence electrons. The Morgan fingerprint density at radius 3 is 2.94 bits per heavy atom. The van der Waals surface area contributed by atoms with Crippen LogP contribution in [0.2, 0.25) is 0 Å². The lowest BCUT2D eigenvalue weighted by Gasteiger charge is -2.22. The molecule has 1 aromatic heterocycles. The van der Waals surface area contributed by atoms with Crippen LogP contribution in [0.15, 0.2) is 17.3 Å². The first kappa shape index (κ1) is 11.2. The van der Waals surface area contributed by atoms with E-state index in [4.69, 9.17) is 0 Å². The molecule has 0 amide bonds. The lowest BCUT2D eigenvalue weighted by Crippen LogP contribution is -2.38. The second-order valence-electron chi connectivity index (χ2n) is 4.82. The van der Waals surface area contributed by atoms with E-state index in [1.807, 2.05) is 6.92 Å². The van der Waals surface area contributed by atoms with Gasteiger partial charge < -0.3 is 5.32 Å². The van der Waals surface area contributed by atoms with Gasteiger partial charge in [-0.2, -0.15) is 9.40 Å². The maximum Gasteiger partial charge on any atom is 0.260 e. The SMILES string of the molecule is CC1C2CNCC2CN1S(=O)(=O)c1ccn[nH]1. The molecule has 2 N–H and O–H groups in total. The third-order valence-electron chi connectivity index (χ3n) is 3.94. The van der Waals surface area contributed by atoms with E-state index in [1.54, 1.807) is 4.31 Å². The van der Waals surface area contributed by atoms with Crippen LogP contribution in [0.1, 0.15) is 6.92 Å². The summed E-state index contributed by atoms with van der Waals surface area (Å²) < 4.78 is 26.4. The Kier molecular flexibility index (Phi) is 2.49. The van der Waals surface area contributed by atoms with Crippen molar-refractivity contribution in [3.63, 3.8) is 0 Å². The third kappa shape index (κ3) is 1.61. The van der Waals surface area contributed by atoms with Crippen molar-refractivity contribution in [2.45, 2.75) is 18.0 Å². The molecular weight excluding hydrogens is 240 g/mol. The van der Waals surface area contributed by atoms with Crippen molar-refractivity contribution in [2.75, 3.05) is 19.6 Å². The maximum atomic E-state index is 12.4. The number of aromatic amines is 1. The molecule has 3 unspecified atom stereocenters. The summed E-state index contributed by atoms with van der Waals surface area (Å²) in [6.07, 6.45) is 1.47. The molecule has 0 radical (unpaired) electrons. The fourth-order valence-electron chi connectivity index (χ4n) is 2.96. The van der Waals surface area contributed by atoms with Crippen LogP contribution in [0.4, 0.5) is 0 Å². The van der Waals surface area contributed by atoms with E-state index < -0.39 is 10.0 Å². The van der Waals surface area contributed by atoms with Crippen LogP contribution in [0.5, 0.6) is 0 Å². The number of aromatic nitrogens is 2. The van der Waals surface area contributed by atoms with Crippen molar-refractivity contribution in [3.05, 3.63) is 12.3 Å². The van der Waals surface area contributed by atoms with Gasteiger partial charge in [0.15, 0.2) is 5.03 Å². The van der Waals surface area contributed by atoms with Crippen LogP contribution in [0.25, 0.3) is 0 Å². The fourth-order valence-corrected chi connectivity index (χ4v) is 4.59. The molecule has 17 heavy (non-hydrogen) atoms. The Morgan fingerprint density at radius 2 is 2.29 bits per heavy atom. The average Bonchev–Trinajstić information content (AvgIpc) is 2.96. The molecule has 0 aromatic carbocycles. The minimum absolute atomic E-state index is 0.0586. The quantitative estimate of drug-likeness (QED) is 0.757. The lowest BCUT2D eigenvalue weighted by molar-refractivity contribution is 0.359. The number of sulfonamides is 1. The zero-order chi connectivity index (χ0) is 12.0. The summed E-state index contributed by atoms with van der Waals surface area (Å²) in [5.41, 5.74) is 0. The lowest BCUT2D eigenvalue weighted by atomic mass is 9.95. The van der Waals surface area contributed by atoms with Gasteiger partial charge in [0, 0.05) is 12.6 Å². The fraction of sp³-hybridized carbons (Fsp3) is 0.700. The van der Waals surface area contributed by atoms with Crippen LogP contribution in [-0.2, 0) is 10.0 Å². The standard InChI is InChI=1S/C10H16N4O2S/c1-7-9-5-11-4-8(9)6-14(7)17(15,16)10-2-3-12-13-10/h2-3,7-9,11H,4-6H2,1H3,(H,12,13). The molecule has 0 aliphatic carbocycles. The Labute approximate surface area is 100 Å². The second-order valence-corrected chi connectivity index (χ2v) is 6.68.